The quantitative estimate of drug-likeness (QED) is 0.833. The van der Waals surface area contributed by atoms with Crippen LogP contribution in [0.1, 0.15) is 5.56 Å². The molecule has 0 aromatic heterocycles. The van der Waals surface area contributed by atoms with E-state index in [9.17, 15) is 9.65 Å². The first-order chi connectivity index (χ1) is 8.57. The summed E-state index contributed by atoms with van der Waals surface area (Å²) in [6, 6.07) is 9.22. The highest BCUT2D eigenvalue weighted by molar-refractivity contribution is 8.18. The van der Waals surface area contributed by atoms with Crippen LogP contribution in [0.3, 0.4) is 0 Å². The molecule has 0 amide bonds. The Labute approximate surface area is 116 Å². The molecule has 0 aliphatic carbocycles. The molecule has 1 aliphatic rings. The van der Waals surface area contributed by atoms with E-state index < -0.39 is 4.08 Å². The second-order valence-electron chi connectivity index (χ2n) is 4.48. The minimum absolute atomic E-state index is 0.280. The maximum absolute atomic E-state index is 13.3. The van der Waals surface area contributed by atoms with Crippen molar-refractivity contribution in [1.29, 1.82) is 5.26 Å². The monoisotopic (exact) mass is 282 g/mol. The molecule has 0 atom stereocenters. The first kappa shape index (κ1) is 13.7. The molecule has 2 rings (SSSR count). The number of nitriles is 1. The van der Waals surface area contributed by atoms with Gasteiger partial charge in [-0.3, -0.25) is 0 Å². The van der Waals surface area contributed by atoms with Crippen molar-refractivity contribution in [2.24, 2.45) is 0 Å². The highest BCUT2D eigenvalue weighted by atomic mass is 32.2. The van der Waals surface area contributed by atoms with Crippen molar-refractivity contribution >= 4 is 23.5 Å². The Bertz CT molecular complexity index is 462. The first-order valence-electron chi connectivity index (χ1n) is 5.69. The summed E-state index contributed by atoms with van der Waals surface area (Å²) < 4.78 is 12.6. The van der Waals surface area contributed by atoms with Crippen LogP contribution in [0.25, 0.3) is 0 Å². The van der Waals surface area contributed by atoms with Crippen LogP contribution in [0.5, 0.6) is 0 Å². The van der Waals surface area contributed by atoms with Gasteiger partial charge < -0.3 is 4.90 Å². The SMILES string of the molecule is CN(C)C1CSC(C#N)(c2cccc(F)c2)SC1. The summed E-state index contributed by atoms with van der Waals surface area (Å²) in [7, 11) is 4.10. The van der Waals surface area contributed by atoms with Gasteiger partial charge in [-0.2, -0.15) is 5.26 Å². The van der Waals surface area contributed by atoms with Crippen molar-refractivity contribution in [3.63, 3.8) is 0 Å². The van der Waals surface area contributed by atoms with Crippen LogP contribution < -0.4 is 0 Å². The van der Waals surface area contributed by atoms with Crippen LogP contribution in [0.15, 0.2) is 24.3 Å². The molecular weight excluding hydrogens is 267 g/mol. The van der Waals surface area contributed by atoms with Gasteiger partial charge in [-0.15, -0.1) is 23.5 Å². The highest BCUT2D eigenvalue weighted by Gasteiger charge is 2.39. The van der Waals surface area contributed by atoms with E-state index in [-0.39, 0.29) is 5.82 Å². The number of hydrogen-bond acceptors (Lipinski definition) is 4. The number of thioether (sulfide) groups is 2. The smallest absolute Gasteiger partial charge is 0.173 e. The highest BCUT2D eigenvalue weighted by Crippen LogP contribution is 2.50. The summed E-state index contributed by atoms with van der Waals surface area (Å²) in [4.78, 5) is 2.17. The second-order valence-corrected chi connectivity index (χ2v) is 7.21. The van der Waals surface area contributed by atoms with Crippen molar-refractivity contribution in [3.8, 4) is 6.07 Å². The molecule has 18 heavy (non-hydrogen) atoms. The summed E-state index contributed by atoms with van der Waals surface area (Å²) in [5, 5.41) is 9.48. The molecule has 1 heterocycles. The van der Waals surface area contributed by atoms with E-state index in [1.165, 1.54) is 12.1 Å². The zero-order valence-electron chi connectivity index (χ0n) is 10.4. The van der Waals surface area contributed by atoms with Gasteiger partial charge in [0.25, 0.3) is 0 Å². The molecule has 0 unspecified atom stereocenters. The minimum Gasteiger partial charge on any atom is -0.305 e. The predicted octanol–water partition coefficient (Wildman–Crippen LogP) is 2.91. The normalized spacial score (nSPS) is 28.1. The van der Waals surface area contributed by atoms with Crippen LogP contribution in [0.4, 0.5) is 4.39 Å². The molecule has 1 fully saturated rings. The number of halogens is 1. The third-order valence-corrected chi connectivity index (χ3v) is 6.32. The summed E-state index contributed by atoms with van der Waals surface area (Å²) >= 11 is 3.20. The molecule has 1 aromatic carbocycles. The molecule has 0 bridgehead atoms. The van der Waals surface area contributed by atoms with Crippen LogP contribution in [-0.4, -0.2) is 36.5 Å². The zero-order chi connectivity index (χ0) is 13.2. The molecule has 0 N–H and O–H groups in total. The summed E-state index contributed by atoms with van der Waals surface area (Å²) in [6.07, 6.45) is 0. The Morgan fingerprint density at radius 3 is 2.56 bits per heavy atom. The van der Waals surface area contributed by atoms with Crippen molar-refractivity contribution < 1.29 is 4.39 Å². The van der Waals surface area contributed by atoms with Gasteiger partial charge in [0.2, 0.25) is 0 Å². The number of nitrogens with zero attached hydrogens (tertiary/aromatic N) is 2. The molecular formula is C13H15FN2S2. The Hall–Kier alpha value is -0.700. The zero-order valence-corrected chi connectivity index (χ0v) is 12.0. The summed E-state index contributed by atoms with van der Waals surface area (Å²) in [5.74, 6) is 1.51. The van der Waals surface area contributed by atoms with Crippen molar-refractivity contribution in [1.82, 2.24) is 4.90 Å². The average Bonchev–Trinajstić information content (AvgIpc) is 2.38. The standard InChI is InChI=1S/C13H15FN2S2/c1-16(2)12-7-17-13(9-15,18-8-12)10-4-3-5-11(14)6-10/h3-6,12H,7-8H2,1-2H3. The summed E-state index contributed by atoms with van der Waals surface area (Å²) in [6.45, 7) is 0. The first-order valence-corrected chi connectivity index (χ1v) is 7.66. The topological polar surface area (TPSA) is 27.0 Å². The van der Waals surface area contributed by atoms with E-state index >= 15 is 0 Å². The molecule has 2 nitrogen and oxygen atoms in total. The maximum atomic E-state index is 13.3. The van der Waals surface area contributed by atoms with E-state index in [2.05, 4.69) is 11.0 Å². The van der Waals surface area contributed by atoms with Crippen LogP contribution in [0.2, 0.25) is 0 Å². The van der Waals surface area contributed by atoms with Crippen LogP contribution >= 0.6 is 23.5 Å². The fraction of sp³-hybridized carbons (Fsp3) is 0.462. The van der Waals surface area contributed by atoms with E-state index in [0.29, 0.717) is 6.04 Å². The third kappa shape index (κ3) is 2.66. The van der Waals surface area contributed by atoms with Gasteiger partial charge >= 0.3 is 0 Å². The van der Waals surface area contributed by atoms with Gasteiger partial charge in [0.05, 0.1) is 6.07 Å². The van der Waals surface area contributed by atoms with Gasteiger partial charge in [0.15, 0.2) is 4.08 Å². The predicted molar refractivity (Wildman–Crippen MR) is 76.1 cm³/mol. The fourth-order valence-corrected chi connectivity index (χ4v) is 5.10. The van der Waals surface area contributed by atoms with E-state index in [1.807, 2.05) is 20.2 Å². The Morgan fingerprint density at radius 1 is 1.39 bits per heavy atom. The maximum Gasteiger partial charge on any atom is 0.173 e. The number of rotatable bonds is 2. The molecule has 0 saturated carbocycles. The summed E-state index contributed by atoms with van der Waals surface area (Å²) in [5.41, 5.74) is 0.761. The minimum atomic E-state index is -0.658. The van der Waals surface area contributed by atoms with E-state index in [0.717, 1.165) is 17.1 Å². The van der Waals surface area contributed by atoms with Gasteiger partial charge in [-0.25, -0.2) is 4.39 Å². The van der Waals surface area contributed by atoms with Crippen LogP contribution in [0, 0.1) is 17.1 Å². The van der Waals surface area contributed by atoms with Gasteiger partial charge in [0, 0.05) is 17.5 Å². The van der Waals surface area contributed by atoms with Crippen molar-refractivity contribution in [2.45, 2.75) is 10.1 Å². The van der Waals surface area contributed by atoms with Crippen LogP contribution in [-0.2, 0) is 4.08 Å². The Morgan fingerprint density at radius 2 is 2.06 bits per heavy atom. The fourth-order valence-electron chi connectivity index (χ4n) is 1.80. The molecule has 0 radical (unpaired) electrons. The van der Waals surface area contributed by atoms with Gasteiger partial charge in [0.1, 0.15) is 5.82 Å². The number of benzene rings is 1. The van der Waals surface area contributed by atoms with Crippen molar-refractivity contribution in [3.05, 3.63) is 35.6 Å². The molecule has 1 aromatic rings. The second kappa shape index (κ2) is 5.52. The van der Waals surface area contributed by atoms with E-state index in [4.69, 9.17) is 0 Å². The molecule has 96 valence electrons. The van der Waals surface area contributed by atoms with Gasteiger partial charge in [-0.1, -0.05) is 12.1 Å². The molecule has 1 saturated heterocycles. The van der Waals surface area contributed by atoms with E-state index in [1.54, 1.807) is 29.6 Å². The van der Waals surface area contributed by atoms with Crippen molar-refractivity contribution in [2.75, 3.05) is 25.6 Å². The largest absolute Gasteiger partial charge is 0.305 e. The molecule has 5 heteroatoms. The lowest BCUT2D eigenvalue weighted by molar-refractivity contribution is 0.343. The Kier molecular flexibility index (Phi) is 4.21. The third-order valence-electron chi connectivity index (χ3n) is 3.04. The Balaban J connectivity index is 2.22. The molecule has 1 aliphatic heterocycles. The lowest BCUT2D eigenvalue weighted by Gasteiger charge is -2.36. The lowest BCUT2D eigenvalue weighted by Crippen LogP contribution is -2.38. The lowest BCUT2D eigenvalue weighted by atomic mass is 10.1. The van der Waals surface area contributed by atoms with Gasteiger partial charge in [-0.05, 0) is 31.8 Å². The molecule has 0 spiro atoms. The average molecular weight is 282 g/mol. The number of hydrogen-bond donors (Lipinski definition) is 0.